The van der Waals surface area contributed by atoms with Gasteiger partial charge in [-0.1, -0.05) is 17.3 Å². The molecule has 0 bridgehead atoms. The zero-order valence-corrected chi connectivity index (χ0v) is 15.2. The van der Waals surface area contributed by atoms with Crippen LogP contribution >= 0.6 is 0 Å². The van der Waals surface area contributed by atoms with Gasteiger partial charge in [0.05, 0.1) is 5.69 Å². The maximum Gasteiger partial charge on any atom is 0.277 e. The normalized spacial score (nSPS) is 14.2. The van der Waals surface area contributed by atoms with Gasteiger partial charge < -0.3 is 14.7 Å². The maximum atomic E-state index is 12.1. The number of carbonyl (C=O) groups is 1. The standard InChI is InChI=1S/C20H21N5O2/c1-14-13-18(24-27-14)20(26)21-16-7-5-15(6-8-16)17-9-10-19(23-22-17)25-11-3-2-4-12-25/h5-10,13H,2-4,11-12H2,1H3,(H,21,26). The molecule has 1 amide bonds. The molecule has 2 aromatic heterocycles. The lowest BCUT2D eigenvalue weighted by Crippen LogP contribution is -2.30. The molecule has 1 saturated heterocycles. The van der Waals surface area contributed by atoms with Crippen molar-refractivity contribution >= 4 is 17.4 Å². The van der Waals surface area contributed by atoms with Crippen molar-refractivity contribution in [3.63, 3.8) is 0 Å². The number of aryl methyl sites for hydroxylation is 1. The molecule has 0 saturated carbocycles. The van der Waals surface area contributed by atoms with Crippen LogP contribution in [0.15, 0.2) is 47.0 Å². The molecule has 0 spiro atoms. The highest BCUT2D eigenvalue weighted by Crippen LogP contribution is 2.22. The highest BCUT2D eigenvalue weighted by molar-refractivity contribution is 6.02. The molecule has 7 nitrogen and oxygen atoms in total. The predicted octanol–water partition coefficient (Wildman–Crippen LogP) is 3.68. The summed E-state index contributed by atoms with van der Waals surface area (Å²) in [5.41, 5.74) is 2.70. The molecule has 3 heterocycles. The summed E-state index contributed by atoms with van der Waals surface area (Å²) in [5, 5.41) is 15.3. The molecule has 3 aromatic rings. The Labute approximate surface area is 157 Å². The van der Waals surface area contributed by atoms with E-state index >= 15 is 0 Å². The Morgan fingerprint density at radius 3 is 2.44 bits per heavy atom. The van der Waals surface area contributed by atoms with Crippen molar-refractivity contribution in [2.24, 2.45) is 0 Å². The summed E-state index contributed by atoms with van der Waals surface area (Å²) >= 11 is 0. The van der Waals surface area contributed by atoms with Gasteiger partial charge in [-0.15, -0.1) is 10.2 Å². The van der Waals surface area contributed by atoms with Gasteiger partial charge in [0.15, 0.2) is 11.5 Å². The van der Waals surface area contributed by atoms with Crippen molar-refractivity contribution in [1.82, 2.24) is 15.4 Å². The van der Waals surface area contributed by atoms with Crippen LogP contribution in [0.1, 0.15) is 35.5 Å². The summed E-state index contributed by atoms with van der Waals surface area (Å²) in [5.74, 6) is 1.23. The molecule has 7 heteroatoms. The van der Waals surface area contributed by atoms with Gasteiger partial charge in [-0.2, -0.15) is 0 Å². The zero-order chi connectivity index (χ0) is 18.6. The lowest BCUT2D eigenvalue weighted by molar-refractivity contribution is 0.101. The molecule has 27 heavy (non-hydrogen) atoms. The number of hydrogen-bond acceptors (Lipinski definition) is 6. The maximum absolute atomic E-state index is 12.1. The number of carbonyl (C=O) groups excluding carboxylic acids is 1. The van der Waals surface area contributed by atoms with Gasteiger partial charge in [0.2, 0.25) is 0 Å². The smallest absolute Gasteiger partial charge is 0.277 e. The molecule has 1 aliphatic heterocycles. The average molecular weight is 363 g/mol. The van der Waals surface area contributed by atoms with Gasteiger partial charge in [-0.05, 0) is 50.5 Å². The molecular formula is C20H21N5O2. The molecule has 1 aliphatic rings. The van der Waals surface area contributed by atoms with E-state index in [4.69, 9.17) is 4.52 Å². The van der Waals surface area contributed by atoms with Crippen molar-refractivity contribution in [3.05, 3.63) is 53.9 Å². The average Bonchev–Trinajstić information content (AvgIpc) is 3.16. The molecule has 4 rings (SSSR count). The summed E-state index contributed by atoms with van der Waals surface area (Å²) in [6.07, 6.45) is 3.72. The summed E-state index contributed by atoms with van der Waals surface area (Å²) in [6, 6.07) is 13.1. The number of amides is 1. The summed E-state index contributed by atoms with van der Waals surface area (Å²) in [6.45, 7) is 3.84. The number of nitrogens with one attached hydrogen (secondary N) is 1. The van der Waals surface area contributed by atoms with Gasteiger partial charge in [0, 0.05) is 30.4 Å². The Morgan fingerprint density at radius 2 is 1.81 bits per heavy atom. The van der Waals surface area contributed by atoms with Crippen molar-refractivity contribution in [1.29, 1.82) is 0 Å². The first-order valence-corrected chi connectivity index (χ1v) is 9.13. The van der Waals surface area contributed by atoms with E-state index in [0.717, 1.165) is 30.2 Å². The number of hydrogen-bond donors (Lipinski definition) is 1. The topological polar surface area (TPSA) is 84.2 Å². The SMILES string of the molecule is Cc1cc(C(=O)Nc2ccc(-c3ccc(N4CCCCC4)nn3)cc2)no1. The second-order valence-electron chi connectivity index (χ2n) is 6.68. The molecular weight excluding hydrogens is 342 g/mol. The van der Waals surface area contributed by atoms with Gasteiger partial charge in [-0.25, -0.2) is 0 Å². The van der Waals surface area contributed by atoms with Crippen LogP contribution in [-0.2, 0) is 0 Å². The number of benzene rings is 1. The van der Waals surface area contributed by atoms with E-state index in [9.17, 15) is 4.79 Å². The van der Waals surface area contributed by atoms with Gasteiger partial charge >= 0.3 is 0 Å². The Kier molecular flexibility index (Phi) is 4.82. The largest absolute Gasteiger partial charge is 0.361 e. The van der Waals surface area contributed by atoms with Gasteiger partial charge in [-0.3, -0.25) is 4.79 Å². The fraction of sp³-hybridized carbons (Fsp3) is 0.300. The number of anilines is 2. The molecule has 0 atom stereocenters. The van der Waals surface area contributed by atoms with Crippen molar-refractivity contribution in [3.8, 4) is 11.3 Å². The van der Waals surface area contributed by atoms with E-state index in [0.29, 0.717) is 11.4 Å². The number of piperidine rings is 1. The van der Waals surface area contributed by atoms with Gasteiger partial charge in [0.25, 0.3) is 5.91 Å². The third-order valence-corrected chi connectivity index (χ3v) is 4.63. The lowest BCUT2D eigenvalue weighted by atomic mass is 10.1. The fourth-order valence-corrected chi connectivity index (χ4v) is 3.16. The number of rotatable bonds is 4. The second-order valence-corrected chi connectivity index (χ2v) is 6.68. The van der Waals surface area contributed by atoms with Crippen LogP contribution in [0.3, 0.4) is 0 Å². The van der Waals surface area contributed by atoms with E-state index in [1.807, 2.05) is 36.4 Å². The first-order chi connectivity index (χ1) is 13.2. The van der Waals surface area contributed by atoms with Gasteiger partial charge in [0.1, 0.15) is 5.76 Å². The summed E-state index contributed by atoms with van der Waals surface area (Å²) in [4.78, 5) is 14.4. The zero-order valence-electron chi connectivity index (χ0n) is 15.2. The van der Waals surface area contributed by atoms with Crippen LogP contribution in [0.5, 0.6) is 0 Å². The minimum absolute atomic E-state index is 0.260. The first kappa shape index (κ1) is 17.2. The van der Waals surface area contributed by atoms with Crippen LogP contribution in [0.25, 0.3) is 11.3 Å². The highest BCUT2D eigenvalue weighted by Gasteiger charge is 2.13. The Morgan fingerprint density at radius 1 is 1.04 bits per heavy atom. The van der Waals surface area contributed by atoms with E-state index in [1.165, 1.54) is 19.3 Å². The molecule has 1 fully saturated rings. The Balaban J connectivity index is 1.43. The molecule has 1 aromatic carbocycles. The Hall–Kier alpha value is -3.22. The van der Waals surface area contributed by atoms with E-state index < -0.39 is 0 Å². The van der Waals surface area contributed by atoms with Crippen LogP contribution in [0, 0.1) is 6.92 Å². The van der Waals surface area contributed by atoms with Crippen molar-refractivity contribution in [2.75, 3.05) is 23.3 Å². The quantitative estimate of drug-likeness (QED) is 0.761. The fourth-order valence-electron chi connectivity index (χ4n) is 3.16. The monoisotopic (exact) mass is 363 g/mol. The first-order valence-electron chi connectivity index (χ1n) is 9.13. The van der Waals surface area contributed by atoms with Crippen LogP contribution < -0.4 is 10.2 Å². The summed E-state index contributed by atoms with van der Waals surface area (Å²) < 4.78 is 4.92. The Bertz CT molecular complexity index is 912. The molecule has 0 aliphatic carbocycles. The molecule has 138 valence electrons. The minimum Gasteiger partial charge on any atom is -0.361 e. The minimum atomic E-state index is -0.301. The van der Waals surface area contributed by atoms with Crippen molar-refractivity contribution in [2.45, 2.75) is 26.2 Å². The third-order valence-electron chi connectivity index (χ3n) is 4.63. The van der Waals surface area contributed by atoms with E-state index in [2.05, 4.69) is 25.6 Å². The molecule has 0 radical (unpaired) electrons. The third kappa shape index (κ3) is 3.97. The van der Waals surface area contributed by atoms with Crippen LogP contribution in [-0.4, -0.2) is 34.4 Å². The summed E-state index contributed by atoms with van der Waals surface area (Å²) in [7, 11) is 0. The van der Waals surface area contributed by atoms with Crippen molar-refractivity contribution < 1.29 is 9.32 Å². The number of nitrogens with zero attached hydrogens (tertiary/aromatic N) is 4. The lowest BCUT2D eigenvalue weighted by Gasteiger charge is -2.27. The second kappa shape index (κ2) is 7.57. The molecule has 1 N–H and O–H groups in total. The van der Waals surface area contributed by atoms with E-state index in [1.54, 1.807) is 13.0 Å². The highest BCUT2D eigenvalue weighted by atomic mass is 16.5. The van der Waals surface area contributed by atoms with Crippen LogP contribution in [0.2, 0.25) is 0 Å². The predicted molar refractivity (Wildman–Crippen MR) is 103 cm³/mol. The van der Waals surface area contributed by atoms with E-state index in [-0.39, 0.29) is 11.6 Å². The van der Waals surface area contributed by atoms with Crippen LogP contribution in [0.4, 0.5) is 11.5 Å². The molecule has 0 unspecified atom stereocenters. The number of aromatic nitrogens is 3.